The van der Waals surface area contributed by atoms with Crippen LogP contribution >= 0.6 is 28.3 Å². The highest BCUT2D eigenvalue weighted by atomic mass is 79.9. The third kappa shape index (κ3) is 2.15. The quantitative estimate of drug-likeness (QED) is 0.768. The van der Waals surface area contributed by atoms with E-state index in [4.69, 9.17) is 5.11 Å². The van der Waals surface area contributed by atoms with Gasteiger partial charge in [-0.05, 0) is 11.4 Å². The fourth-order valence-corrected chi connectivity index (χ4v) is 0.962. The SMILES string of the molecule is Br.O=C(O)c1cccs1. The number of hydrogen-bond donors (Lipinski definition) is 1. The predicted octanol–water partition coefficient (Wildman–Crippen LogP) is 2.02. The van der Waals surface area contributed by atoms with Gasteiger partial charge in [0.15, 0.2) is 0 Å². The maximum Gasteiger partial charge on any atom is 0.345 e. The van der Waals surface area contributed by atoms with Crippen molar-refractivity contribution in [2.24, 2.45) is 0 Å². The fourth-order valence-electron chi connectivity index (χ4n) is 0.400. The minimum Gasteiger partial charge on any atom is -0.477 e. The van der Waals surface area contributed by atoms with E-state index in [9.17, 15) is 4.79 Å². The van der Waals surface area contributed by atoms with Gasteiger partial charge in [-0.25, -0.2) is 4.79 Å². The number of carboxylic acid groups (broad SMARTS) is 1. The second kappa shape index (κ2) is 3.63. The van der Waals surface area contributed by atoms with Crippen molar-refractivity contribution in [1.29, 1.82) is 0 Å². The number of hydrogen-bond acceptors (Lipinski definition) is 2. The van der Waals surface area contributed by atoms with Crippen molar-refractivity contribution in [1.82, 2.24) is 0 Å². The lowest BCUT2D eigenvalue weighted by molar-refractivity contribution is 0.0702. The van der Waals surface area contributed by atoms with E-state index in [1.165, 1.54) is 11.3 Å². The molecule has 0 unspecified atom stereocenters. The summed E-state index contributed by atoms with van der Waals surface area (Å²) in [6, 6.07) is 3.29. The highest BCUT2D eigenvalue weighted by Crippen LogP contribution is 2.06. The van der Waals surface area contributed by atoms with E-state index in [0.717, 1.165) is 0 Å². The van der Waals surface area contributed by atoms with Gasteiger partial charge in [-0.15, -0.1) is 28.3 Å². The first-order chi connectivity index (χ1) is 3.80. The second-order valence-electron chi connectivity index (χ2n) is 1.28. The molecule has 4 heteroatoms. The van der Waals surface area contributed by atoms with E-state index in [2.05, 4.69) is 0 Å². The van der Waals surface area contributed by atoms with Crippen molar-refractivity contribution < 1.29 is 9.90 Å². The Balaban J connectivity index is 0.000000640. The highest BCUT2D eigenvalue weighted by molar-refractivity contribution is 8.93. The normalized spacial score (nSPS) is 8.00. The molecular weight excluding hydrogens is 204 g/mol. The lowest BCUT2D eigenvalue weighted by atomic mass is 10.5. The van der Waals surface area contributed by atoms with Gasteiger partial charge in [-0.1, -0.05) is 6.07 Å². The van der Waals surface area contributed by atoms with Crippen LogP contribution in [0.5, 0.6) is 0 Å². The molecule has 0 aliphatic carbocycles. The lowest BCUT2D eigenvalue weighted by Gasteiger charge is -1.78. The van der Waals surface area contributed by atoms with E-state index in [0.29, 0.717) is 4.88 Å². The van der Waals surface area contributed by atoms with Gasteiger partial charge < -0.3 is 5.11 Å². The molecule has 0 saturated carbocycles. The summed E-state index contributed by atoms with van der Waals surface area (Å²) in [6.07, 6.45) is 0. The molecule has 0 aliphatic rings. The molecule has 0 bridgehead atoms. The average Bonchev–Trinajstić information content (AvgIpc) is 2.12. The molecule has 0 atom stereocenters. The van der Waals surface area contributed by atoms with Crippen molar-refractivity contribution in [3.8, 4) is 0 Å². The second-order valence-corrected chi connectivity index (χ2v) is 2.23. The van der Waals surface area contributed by atoms with Crippen molar-refractivity contribution >= 4 is 34.3 Å². The summed E-state index contributed by atoms with van der Waals surface area (Å²) >= 11 is 1.23. The zero-order chi connectivity index (χ0) is 5.98. The van der Waals surface area contributed by atoms with Crippen molar-refractivity contribution in [3.05, 3.63) is 22.4 Å². The molecular formula is C5H5BrO2S. The number of halogens is 1. The van der Waals surface area contributed by atoms with Gasteiger partial charge in [0.05, 0.1) is 0 Å². The number of rotatable bonds is 1. The van der Waals surface area contributed by atoms with Gasteiger partial charge in [0.1, 0.15) is 4.88 Å². The molecule has 0 fully saturated rings. The molecule has 1 N–H and O–H groups in total. The number of carbonyl (C=O) groups is 1. The summed E-state index contributed by atoms with van der Waals surface area (Å²) in [7, 11) is 0. The van der Waals surface area contributed by atoms with E-state index in [1.807, 2.05) is 0 Å². The van der Waals surface area contributed by atoms with Crippen molar-refractivity contribution in [2.45, 2.75) is 0 Å². The molecule has 9 heavy (non-hydrogen) atoms. The van der Waals surface area contributed by atoms with Crippen LogP contribution < -0.4 is 0 Å². The molecule has 0 spiro atoms. The summed E-state index contributed by atoms with van der Waals surface area (Å²) < 4.78 is 0. The maximum absolute atomic E-state index is 10.1. The van der Waals surface area contributed by atoms with Crippen LogP contribution in [0.3, 0.4) is 0 Å². The van der Waals surface area contributed by atoms with Gasteiger partial charge in [0.2, 0.25) is 0 Å². The Hall–Kier alpha value is -0.350. The van der Waals surface area contributed by atoms with Crippen LogP contribution in [0.4, 0.5) is 0 Å². The van der Waals surface area contributed by atoms with Gasteiger partial charge in [-0.2, -0.15) is 0 Å². The largest absolute Gasteiger partial charge is 0.477 e. The molecule has 0 aliphatic heterocycles. The molecule has 1 heterocycles. The van der Waals surface area contributed by atoms with Crippen molar-refractivity contribution in [2.75, 3.05) is 0 Å². The van der Waals surface area contributed by atoms with Crippen LogP contribution in [-0.2, 0) is 0 Å². The van der Waals surface area contributed by atoms with E-state index in [-0.39, 0.29) is 17.0 Å². The third-order valence-electron chi connectivity index (χ3n) is 0.732. The van der Waals surface area contributed by atoms with Gasteiger partial charge in [-0.3, -0.25) is 0 Å². The molecule has 0 aromatic carbocycles. The molecule has 1 aromatic rings. The number of thiophene rings is 1. The summed E-state index contributed by atoms with van der Waals surface area (Å²) in [5.41, 5.74) is 0. The number of aromatic carboxylic acids is 1. The van der Waals surface area contributed by atoms with Crippen LogP contribution in [0.2, 0.25) is 0 Å². The highest BCUT2D eigenvalue weighted by Gasteiger charge is 1.99. The minimum absolute atomic E-state index is 0. The van der Waals surface area contributed by atoms with Crippen molar-refractivity contribution in [3.63, 3.8) is 0 Å². The topological polar surface area (TPSA) is 37.3 Å². The molecule has 2 nitrogen and oxygen atoms in total. The first-order valence-corrected chi connectivity index (χ1v) is 2.95. The van der Waals surface area contributed by atoms with E-state index < -0.39 is 5.97 Å². The Morgan fingerprint density at radius 1 is 1.67 bits per heavy atom. The van der Waals surface area contributed by atoms with Crippen LogP contribution in [0.1, 0.15) is 9.67 Å². The standard InChI is InChI=1S/C5H4O2S.BrH/c6-5(7)4-2-1-3-8-4;/h1-3H,(H,6,7);1H. The zero-order valence-corrected chi connectivity index (χ0v) is 6.93. The fraction of sp³-hybridized carbons (Fsp3) is 0. The van der Waals surface area contributed by atoms with Gasteiger partial charge in [0, 0.05) is 0 Å². The lowest BCUT2D eigenvalue weighted by Crippen LogP contribution is -1.89. The predicted molar refractivity (Wildman–Crippen MR) is 41.6 cm³/mol. The van der Waals surface area contributed by atoms with Crippen LogP contribution in [-0.4, -0.2) is 11.1 Å². The monoisotopic (exact) mass is 208 g/mol. The summed E-state index contributed by atoms with van der Waals surface area (Å²) in [4.78, 5) is 10.5. The summed E-state index contributed by atoms with van der Waals surface area (Å²) in [5.74, 6) is -0.847. The summed E-state index contributed by atoms with van der Waals surface area (Å²) in [6.45, 7) is 0. The Morgan fingerprint density at radius 2 is 2.33 bits per heavy atom. The zero-order valence-electron chi connectivity index (χ0n) is 4.40. The Kier molecular flexibility index (Phi) is 3.49. The Morgan fingerprint density at radius 3 is 2.56 bits per heavy atom. The van der Waals surface area contributed by atoms with Gasteiger partial charge >= 0.3 is 5.97 Å². The maximum atomic E-state index is 10.1. The summed E-state index contributed by atoms with van der Waals surface area (Å²) in [5, 5.41) is 10.0. The van der Waals surface area contributed by atoms with Crippen LogP contribution in [0, 0.1) is 0 Å². The molecule has 1 aromatic heterocycles. The molecule has 50 valence electrons. The molecule has 1 rings (SSSR count). The average molecular weight is 209 g/mol. The first-order valence-electron chi connectivity index (χ1n) is 2.07. The molecule has 0 saturated heterocycles. The van der Waals surface area contributed by atoms with Crippen LogP contribution in [0.25, 0.3) is 0 Å². The first kappa shape index (κ1) is 8.65. The Labute approximate surface area is 66.9 Å². The number of carboxylic acids is 1. The van der Waals surface area contributed by atoms with E-state index in [1.54, 1.807) is 17.5 Å². The van der Waals surface area contributed by atoms with E-state index >= 15 is 0 Å². The third-order valence-corrected chi connectivity index (χ3v) is 1.59. The minimum atomic E-state index is -0.847. The molecule has 0 amide bonds. The Bertz CT molecular complexity index is 183. The van der Waals surface area contributed by atoms with Gasteiger partial charge in [0.25, 0.3) is 0 Å². The smallest absolute Gasteiger partial charge is 0.345 e. The molecule has 0 radical (unpaired) electrons. The van der Waals surface area contributed by atoms with Crippen LogP contribution in [0.15, 0.2) is 17.5 Å².